The first kappa shape index (κ1) is 8.17. The van der Waals surface area contributed by atoms with E-state index < -0.39 is 11.1 Å². The molecule has 2 N–H and O–H groups in total. The molecule has 0 spiro atoms. The zero-order chi connectivity index (χ0) is 7.40. The molecule has 0 bridgehead atoms. The predicted octanol–water partition coefficient (Wildman–Crippen LogP) is 0.208. The third-order valence-electron chi connectivity index (χ3n) is 1.78. The normalized spacial score (nSPS) is 29.9. The first-order valence-electron chi connectivity index (χ1n) is 3.57. The van der Waals surface area contributed by atoms with E-state index in [1.54, 1.807) is 0 Å². The molecule has 1 aliphatic heterocycles. The molecule has 0 aromatic carbocycles. The molecule has 60 valence electrons. The second-order valence-corrected chi connectivity index (χ2v) is 3.68. The lowest BCUT2D eigenvalue weighted by molar-refractivity contribution is 0.401. The van der Waals surface area contributed by atoms with E-state index in [4.69, 9.17) is 4.55 Å². The molecule has 1 saturated heterocycles. The topological polar surface area (TPSA) is 49.3 Å². The van der Waals surface area contributed by atoms with Crippen LogP contribution in [0.4, 0.5) is 0 Å². The van der Waals surface area contributed by atoms with E-state index in [1.165, 1.54) is 0 Å². The van der Waals surface area contributed by atoms with Crippen LogP contribution >= 0.6 is 0 Å². The van der Waals surface area contributed by atoms with E-state index in [9.17, 15) is 4.21 Å². The predicted molar refractivity (Wildman–Crippen MR) is 41.2 cm³/mol. The smallest absolute Gasteiger partial charge is 0.153 e. The summed E-state index contributed by atoms with van der Waals surface area (Å²) < 4.78 is 18.9. The number of nitrogens with one attached hydrogen (secondary N) is 1. The summed E-state index contributed by atoms with van der Waals surface area (Å²) in [7, 11) is 0. The molecular formula is C6H13NO2S. The van der Waals surface area contributed by atoms with Crippen LogP contribution in [0.1, 0.15) is 12.8 Å². The highest BCUT2D eigenvalue weighted by Crippen LogP contribution is 2.09. The Morgan fingerprint density at radius 3 is 3.00 bits per heavy atom. The van der Waals surface area contributed by atoms with Crippen LogP contribution < -0.4 is 5.32 Å². The molecule has 10 heavy (non-hydrogen) atoms. The van der Waals surface area contributed by atoms with Crippen LogP contribution in [-0.2, 0) is 11.1 Å². The Balaban J connectivity index is 2.19. The fourth-order valence-corrected chi connectivity index (χ4v) is 1.96. The monoisotopic (exact) mass is 163 g/mol. The van der Waals surface area contributed by atoms with Crippen molar-refractivity contribution in [2.45, 2.75) is 12.8 Å². The lowest BCUT2D eigenvalue weighted by Crippen LogP contribution is -2.32. The second-order valence-electron chi connectivity index (χ2n) is 2.70. The third-order valence-corrected chi connectivity index (χ3v) is 2.53. The van der Waals surface area contributed by atoms with E-state index in [0.717, 1.165) is 25.9 Å². The van der Waals surface area contributed by atoms with Crippen LogP contribution in [0.3, 0.4) is 0 Å². The van der Waals surface area contributed by atoms with Gasteiger partial charge in [0.1, 0.15) is 0 Å². The van der Waals surface area contributed by atoms with Gasteiger partial charge in [-0.25, -0.2) is 4.21 Å². The number of hydrogen-bond acceptors (Lipinski definition) is 2. The molecule has 0 aromatic heterocycles. The molecule has 0 aromatic rings. The van der Waals surface area contributed by atoms with Crippen LogP contribution in [-0.4, -0.2) is 27.6 Å². The van der Waals surface area contributed by atoms with Crippen molar-refractivity contribution in [3.63, 3.8) is 0 Å². The fraction of sp³-hybridized carbons (Fsp3) is 1.00. The zero-order valence-corrected chi connectivity index (χ0v) is 6.69. The van der Waals surface area contributed by atoms with Crippen LogP contribution in [0, 0.1) is 5.92 Å². The van der Waals surface area contributed by atoms with Crippen molar-refractivity contribution in [3.8, 4) is 0 Å². The van der Waals surface area contributed by atoms with Gasteiger partial charge in [-0.2, -0.15) is 0 Å². The Kier molecular flexibility index (Phi) is 3.31. The highest BCUT2D eigenvalue weighted by molar-refractivity contribution is 7.79. The highest BCUT2D eigenvalue weighted by Gasteiger charge is 2.14. The lowest BCUT2D eigenvalue weighted by atomic mass is 10.0. The van der Waals surface area contributed by atoms with Gasteiger partial charge in [-0.05, 0) is 31.8 Å². The van der Waals surface area contributed by atoms with Crippen LogP contribution in [0.2, 0.25) is 0 Å². The molecule has 2 unspecified atom stereocenters. The summed E-state index contributed by atoms with van der Waals surface area (Å²) in [6.45, 7) is 1.97. The Hall–Kier alpha value is 0.0700. The summed E-state index contributed by atoms with van der Waals surface area (Å²) in [6, 6.07) is 0. The molecule has 1 fully saturated rings. The van der Waals surface area contributed by atoms with Gasteiger partial charge >= 0.3 is 0 Å². The summed E-state index contributed by atoms with van der Waals surface area (Å²) in [4.78, 5) is 0. The molecule has 0 saturated carbocycles. The van der Waals surface area contributed by atoms with Crippen LogP contribution in [0.5, 0.6) is 0 Å². The van der Waals surface area contributed by atoms with Gasteiger partial charge in [0.15, 0.2) is 11.1 Å². The van der Waals surface area contributed by atoms with Crippen molar-refractivity contribution in [1.29, 1.82) is 0 Å². The number of rotatable bonds is 2. The maximum atomic E-state index is 10.4. The highest BCUT2D eigenvalue weighted by atomic mass is 32.2. The molecule has 1 rings (SSSR count). The molecule has 4 heteroatoms. The minimum atomic E-state index is -1.60. The van der Waals surface area contributed by atoms with Crippen molar-refractivity contribution in [2.75, 3.05) is 18.8 Å². The summed E-state index contributed by atoms with van der Waals surface area (Å²) >= 11 is -1.60. The molecule has 1 aliphatic rings. The third kappa shape index (κ3) is 2.77. The average molecular weight is 163 g/mol. The Morgan fingerprint density at radius 1 is 1.70 bits per heavy atom. The maximum absolute atomic E-state index is 10.4. The molecule has 3 nitrogen and oxygen atoms in total. The van der Waals surface area contributed by atoms with Crippen molar-refractivity contribution >= 4 is 11.1 Å². The van der Waals surface area contributed by atoms with Crippen LogP contribution in [0.15, 0.2) is 0 Å². The van der Waals surface area contributed by atoms with Crippen molar-refractivity contribution in [3.05, 3.63) is 0 Å². The fourth-order valence-electron chi connectivity index (χ4n) is 1.27. The molecule has 0 amide bonds. The second kappa shape index (κ2) is 4.05. The number of hydrogen-bond donors (Lipinski definition) is 2. The summed E-state index contributed by atoms with van der Waals surface area (Å²) in [5.41, 5.74) is 0. The van der Waals surface area contributed by atoms with Gasteiger partial charge in [-0.1, -0.05) is 0 Å². The average Bonchev–Trinajstić information content (AvgIpc) is 1.88. The van der Waals surface area contributed by atoms with Gasteiger partial charge in [-0.3, -0.25) is 0 Å². The first-order valence-corrected chi connectivity index (χ1v) is 4.85. The summed E-state index contributed by atoms with van der Waals surface area (Å²) in [5, 5.41) is 3.19. The van der Waals surface area contributed by atoms with E-state index in [-0.39, 0.29) is 0 Å². The first-order chi connectivity index (χ1) is 4.79. The van der Waals surface area contributed by atoms with Gasteiger partial charge in [0.05, 0.1) is 5.75 Å². The van der Waals surface area contributed by atoms with E-state index in [1.807, 2.05) is 0 Å². The van der Waals surface area contributed by atoms with Gasteiger partial charge in [-0.15, -0.1) is 0 Å². The van der Waals surface area contributed by atoms with Crippen molar-refractivity contribution in [2.24, 2.45) is 5.92 Å². The van der Waals surface area contributed by atoms with Crippen LogP contribution in [0.25, 0.3) is 0 Å². The van der Waals surface area contributed by atoms with Gasteiger partial charge in [0.25, 0.3) is 0 Å². The standard InChI is InChI=1S/C6H13NO2S/c8-10(9)5-6-2-1-3-7-4-6/h6-7H,1-5H2,(H,8,9). The SMILES string of the molecule is O=S(O)CC1CCCNC1. The quantitative estimate of drug-likeness (QED) is 0.572. The minimum Gasteiger partial charge on any atom is -0.316 e. The molecule has 2 atom stereocenters. The largest absolute Gasteiger partial charge is 0.316 e. The molecule has 1 heterocycles. The van der Waals surface area contributed by atoms with E-state index in [2.05, 4.69) is 5.32 Å². The molecular weight excluding hydrogens is 150 g/mol. The lowest BCUT2D eigenvalue weighted by Gasteiger charge is -2.20. The minimum absolute atomic E-state index is 0.416. The van der Waals surface area contributed by atoms with Gasteiger partial charge in [0.2, 0.25) is 0 Å². The Bertz CT molecular complexity index is 123. The van der Waals surface area contributed by atoms with E-state index >= 15 is 0 Å². The van der Waals surface area contributed by atoms with Crippen molar-refractivity contribution < 1.29 is 8.76 Å². The zero-order valence-electron chi connectivity index (χ0n) is 5.88. The Labute approximate surface area is 63.5 Å². The van der Waals surface area contributed by atoms with Gasteiger partial charge < -0.3 is 9.87 Å². The maximum Gasteiger partial charge on any atom is 0.153 e. The Morgan fingerprint density at radius 2 is 2.50 bits per heavy atom. The summed E-state index contributed by atoms with van der Waals surface area (Å²) in [5.74, 6) is 0.854. The summed E-state index contributed by atoms with van der Waals surface area (Å²) in [6.07, 6.45) is 2.24. The molecule has 0 radical (unpaired) electrons. The van der Waals surface area contributed by atoms with Crippen molar-refractivity contribution in [1.82, 2.24) is 5.32 Å². The van der Waals surface area contributed by atoms with E-state index in [0.29, 0.717) is 11.7 Å². The molecule has 0 aliphatic carbocycles. The van der Waals surface area contributed by atoms with Gasteiger partial charge in [0, 0.05) is 0 Å². The number of piperidine rings is 1.